The predicted octanol–water partition coefficient (Wildman–Crippen LogP) is 1.16. The van der Waals surface area contributed by atoms with Gasteiger partial charge in [-0.25, -0.2) is 9.07 Å². The van der Waals surface area contributed by atoms with Gasteiger partial charge in [-0.2, -0.15) is 0 Å². The van der Waals surface area contributed by atoms with Crippen LogP contribution in [-0.2, 0) is 7.05 Å². The monoisotopic (exact) mass is 285 g/mol. The lowest BCUT2D eigenvalue weighted by Crippen LogP contribution is -2.16. The Morgan fingerprint density at radius 2 is 2.25 bits per heavy atom. The molecule has 1 atom stereocenters. The Morgan fingerprint density at radius 3 is 2.81 bits per heavy atom. The minimum atomic E-state index is -0.516. The number of aryl methyl sites for hydroxylation is 1. The van der Waals surface area contributed by atoms with Crippen LogP contribution >= 0.6 is 15.9 Å². The number of hydrogen-bond donors (Lipinski definition) is 1. The molecule has 2 rings (SSSR count). The van der Waals surface area contributed by atoms with E-state index in [2.05, 4.69) is 31.2 Å². The highest BCUT2D eigenvalue weighted by Gasteiger charge is 2.18. The summed E-state index contributed by atoms with van der Waals surface area (Å²) in [6.07, 6.45) is 2.65. The van der Waals surface area contributed by atoms with E-state index >= 15 is 0 Å². The summed E-state index contributed by atoms with van der Waals surface area (Å²) in [4.78, 5) is 3.75. The van der Waals surface area contributed by atoms with Gasteiger partial charge in [0.05, 0.1) is 17.9 Å². The van der Waals surface area contributed by atoms with E-state index in [1.54, 1.807) is 11.7 Å². The summed E-state index contributed by atoms with van der Waals surface area (Å²) in [5.74, 6) is -0.417. The summed E-state index contributed by atoms with van der Waals surface area (Å²) in [6.45, 7) is 0. The lowest BCUT2D eigenvalue weighted by Gasteiger charge is -2.11. The summed E-state index contributed by atoms with van der Waals surface area (Å²) >= 11 is 3.24. The third-order valence-electron chi connectivity index (χ3n) is 2.21. The van der Waals surface area contributed by atoms with Crippen LogP contribution in [-0.4, -0.2) is 20.0 Å². The van der Waals surface area contributed by atoms with Gasteiger partial charge >= 0.3 is 0 Å². The van der Waals surface area contributed by atoms with E-state index in [-0.39, 0.29) is 0 Å². The molecule has 2 aromatic heterocycles. The molecule has 0 saturated carbocycles. The molecular weight excluding hydrogens is 277 g/mol. The van der Waals surface area contributed by atoms with Crippen molar-refractivity contribution in [3.8, 4) is 0 Å². The zero-order valence-electron chi connectivity index (χ0n) is 8.43. The summed E-state index contributed by atoms with van der Waals surface area (Å²) < 4.78 is 15.1. The molecule has 2 aromatic rings. The molecule has 2 heterocycles. The van der Waals surface area contributed by atoms with Gasteiger partial charge in [-0.1, -0.05) is 5.21 Å². The SMILES string of the molecule is Cn1nnc(Br)c1C(N)c1cncc(F)c1. The molecule has 0 aliphatic carbocycles. The van der Waals surface area contributed by atoms with Crippen LogP contribution in [0.25, 0.3) is 0 Å². The van der Waals surface area contributed by atoms with Crippen LogP contribution in [0.1, 0.15) is 17.3 Å². The van der Waals surface area contributed by atoms with Gasteiger partial charge in [0.2, 0.25) is 0 Å². The lowest BCUT2D eigenvalue weighted by molar-refractivity contribution is 0.610. The average Bonchev–Trinajstić information content (AvgIpc) is 2.58. The van der Waals surface area contributed by atoms with Gasteiger partial charge in [0.15, 0.2) is 4.60 Å². The maximum Gasteiger partial charge on any atom is 0.153 e. The van der Waals surface area contributed by atoms with Crippen LogP contribution in [0, 0.1) is 5.82 Å². The van der Waals surface area contributed by atoms with E-state index in [0.29, 0.717) is 15.9 Å². The van der Waals surface area contributed by atoms with Crippen LogP contribution in [0.5, 0.6) is 0 Å². The van der Waals surface area contributed by atoms with Gasteiger partial charge in [0.25, 0.3) is 0 Å². The number of aromatic nitrogens is 4. The topological polar surface area (TPSA) is 69.6 Å². The number of nitrogens with zero attached hydrogens (tertiary/aromatic N) is 4. The molecule has 84 valence electrons. The number of pyridine rings is 1. The van der Waals surface area contributed by atoms with Gasteiger partial charge in [0.1, 0.15) is 5.82 Å². The van der Waals surface area contributed by atoms with Crippen molar-refractivity contribution in [2.75, 3.05) is 0 Å². The molecule has 0 radical (unpaired) electrons. The highest BCUT2D eigenvalue weighted by atomic mass is 79.9. The Bertz CT molecular complexity index is 493. The molecule has 16 heavy (non-hydrogen) atoms. The fourth-order valence-corrected chi connectivity index (χ4v) is 2.00. The van der Waals surface area contributed by atoms with E-state index in [1.165, 1.54) is 12.3 Å². The van der Waals surface area contributed by atoms with Crippen molar-refractivity contribution in [1.29, 1.82) is 0 Å². The Kier molecular flexibility index (Phi) is 2.97. The van der Waals surface area contributed by atoms with E-state index in [1.807, 2.05) is 0 Å². The zero-order valence-corrected chi connectivity index (χ0v) is 10.0. The highest BCUT2D eigenvalue weighted by molar-refractivity contribution is 9.10. The molecule has 1 unspecified atom stereocenters. The van der Waals surface area contributed by atoms with E-state index < -0.39 is 11.9 Å². The van der Waals surface area contributed by atoms with Gasteiger partial charge in [-0.15, -0.1) is 5.10 Å². The van der Waals surface area contributed by atoms with Crippen molar-refractivity contribution in [2.24, 2.45) is 12.8 Å². The largest absolute Gasteiger partial charge is 0.319 e. The Hall–Kier alpha value is -1.34. The normalized spacial score (nSPS) is 12.8. The van der Waals surface area contributed by atoms with Crippen molar-refractivity contribution < 1.29 is 4.39 Å². The molecule has 2 N–H and O–H groups in total. The molecule has 0 spiro atoms. The summed E-state index contributed by atoms with van der Waals surface area (Å²) in [7, 11) is 1.72. The second kappa shape index (κ2) is 4.26. The van der Waals surface area contributed by atoms with Crippen LogP contribution < -0.4 is 5.73 Å². The molecule has 0 fully saturated rings. The molecule has 0 aliphatic heterocycles. The average molecular weight is 286 g/mol. The molecule has 5 nitrogen and oxygen atoms in total. The van der Waals surface area contributed by atoms with E-state index in [4.69, 9.17) is 5.73 Å². The fourth-order valence-electron chi connectivity index (χ4n) is 1.43. The molecule has 0 aliphatic rings. The molecule has 7 heteroatoms. The minimum Gasteiger partial charge on any atom is -0.319 e. The first-order valence-corrected chi connectivity index (χ1v) is 5.30. The first-order valence-electron chi connectivity index (χ1n) is 4.50. The van der Waals surface area contributed by atoms with E-state index in [9.17, 15) is 4.39 Å². The van der Waals surface area contributed by atoms with Crippen LogP contribution in [0.15, 0.2) is 23.1 Å². The van der Waals surface area contributed by atoms with Gasteiger partial charge in [-0.05, 0) is 27.6 Å². The standard InChI is InChI=1S/C9H9BrFN5/c1-16-8(9(10)14-15-16)7(12)5-2-6(11)4-13-3-5/h2-4,7H,12H2,1H3. The maximum absolute atomic E-state index is 13.0. The minimum absolute atomic E-state index is 0.417. The maximum atomic E-state index is 13.0. The summed E-state index contributed by atoms with van der Waals surface area (Å²) in [5.41, 5.74) is 7.24. The van der Waals surface area contributed by atoms with Gasteiger partial charge in [0, 0.05) is 13.2 Å². The summed E-state index contributed by atoms with van der Waals surface area (Å²) in [6, 6.07) is 0.828. The number of nitrogens with two attached hydrogens (primary N) is 1. The van der Waals surface area contributed by atoms with Crippen LogP contribution in [0.2, 0.25) is 0 Å². The Morgan fingerprint density at radius 1 is 1.50 bits per heavy atom. The highest BCUT2D eigenvalue weighted by Crippen LogP contribution is 2.24. The third kappa shape index (κ3) is 1.96. The number of rotatable bonds is 2. The van der Waals surface area contributed by atoms with Crippen molar-refractivity contribution in [3.05, 3.63) is 40.1 Å². The lowest BCUT2D eigenvalue weighted by atomic mass is 10.1. The van der Waals surface area contributed by atoms with Crippen LogP contribution in [0.4, 0.5) is 4.39 Å². The predicted molar refractivity (Wildman–Crippen MR) is 58.9 cm³/mol. The van der Waals surface area contributed by atoms with Crippen molar-refractivity contribution >= 4 is 15.9 Å². The third-order valence-corrected chi connectivity index (χ3v) is 2.77. The first-order chi connectivity index (χ1) is 7.59. The van der Waals surface area contributed by atoms with Gasteiger partial charge < -0.3 is 5.73 Å². The van der Waals surface area contributed by atoms with Crippen molar-refractivity contribution in [3.63, 3.8) is 0 Å². The fraction of sp³-hybridized carbons (Fsp3) is 0.222. The molecular formula is C9H9BrFN5. The molecule has 0 amide bonds. The Balaban J connectivity index is 2.43. The molecule has 0 aromatic carbocycles. The van der Waals surface area contributed by atoms with Gasteiger partial charge in [-0.3, -0.25) is 4.98 Å². The zero-order chi connectivity index (χ0) is 11.7. The first kappa shape index (κ1) is 11.2. The summed E-state index contributed by atoms with van der Waals surface area (Å²) in [5, 5.41) is 7.63. The quantitative estimate of drug-likeness (QED) is 0.899. The molecule has 0 bridgehead atoms. The van der Waals surface area contributed by atoms with Crippen molar-refractivity contribution in [1.82, 2.24) is 20.0 Å². The van der Waals surface area contributed by atoms with Crippen LogP contribution in [0.3, 0.4) is 0 Å². The number of halogens is 2. The van der Waals surface area contributed by atoms with Crippen molar-refractivity contribution in [2.45, 2.75) is 6.04 Å². The number of hydrogen-bond acceptors (Lipinski definition) is 4. The second-order valence-corrected chi connectivity index (χ2v) is 4.05. The molecule has 0 saturated heterocycles. The van der Waals surface area contributed by atoms with E-state index in [0.717, 1.165) is 6.20 Å². The second-order valence-electron chi connectivity index (χ2n) is 3.30. The smallest absolute Gasteiger partial charge is 0.153 e. The Labute approximate surface area is 99.6 Å².